The number of alkyl halides is 1. The van der Waals surface area contributed by atoms with Gasteiger partial charge in [0.15, 0.2) is 0 Å². The third-order valence-corrected chi connectivity index (χ3v) is 2.23. The molecule has 0 aliphatic carbocycles. The summed E-state index contributed by atoms with van der Waals surface area (Å²) in [5.74, 6) is 0.712. The average molecular weight is 211 g/mol. The maximum Gasteiger partial charge on any atom is 0.122 e. The van der Waals surface area contributed by atoms with Crippen molar-refractivity contribution in [3.63, 3.8) is 0 Å². The fourth-order valence-electron chi connectivity index (χ4n) is 1.58. The maximum absolute atomic E-state index is 12.8. The van der Waals surface area contributed by atoms with E-state index in [9.17, 15) is 4.39 Å². The molecule has 0 heterocycles. The molecule has 0 atom stereocenters. The van der Waals surface area contributed by atoms with Gasteiger partial charge >= 0.3 is 0 Å². The largest absolute Gasteiger partial charge is 0.496 e. The SMILES string of the molecule is COc1cccc(CF)c1CC(C)(C)N. The first-order valence-electron chi connectivity index (χ1n) is 4.97. The topological polar surface area (TPSA) is 35.2 Å². The van der Waals surface area contributed by atoms with Crippen LogP contribution in [0.4, 0.5) is 4.39 Å². The van der Waals surface area contributed by atoms with E-state index in [1.807, 2.05) is 19.9 Å². The van der Waals surface area contributed by atoms with Gasteiger partial charge in [-0.2, -0.15) is 0 Å². The Morgan fingerprint density at radius 2 is 2.07 bits per heavy atom. The van der Waals surface area contributed by atoms with Gasteiger partial charge in [-0.05, 0) is 31.9 Å². The molecule has 0 aliphatic heterocycles. The standard InChI is InChI=1S/C12H18FNO/c1-12(2,14)7-10-9(8-13)5-4-6-11(10)15-3/h4-6H,7-8,14H2,1-3H3. The van der Waals surface area contributed by atoms with E-state index >= 15 is 0 Å². The molecule has 0 radical (unpaired) electrons. The Kier molecular flexibility index (Phi) is 3.69. The van der Waals surface area contributed by atoms with Crippen molar-refractivity contribution in [1.82, 2.24) is 0 Å². The molecule has 0 aromatic heterocycles. The summed E-state index contributed by atoms with van der Waals surface area (Å²) in [5, 5.41) is 0. The minimum atomic E-state index is -0.484. The van der Waals surface area contributed by atoms with Crippen LogP contribution in [0.3, 0.4) is 0 Å². The van der Waals surface area contributed by atoms with E-state index in [-0.39, 0.29) is 5.54 Å². The third kappa shape index (κ3) is 3.20. The lowest BCUT2D eigenvalue weighted by Crippen LogP contribution is -2.34. The molecule has 2 N–H and O–H groups in total. The molecule has 3 heteroatoms. The number of halogens is 1. The first-order valence-corrected chi connectivity index (χ1v) is 4.97. The first-order chi connectivity index (χ1) is 6.98. The molecule has 84 valence electrons. The Bertz CT molecular complexity index is 309. The molecule has 0 bridgehead atoms. The van der Waals surface area contributed by atoms with Crippen molar-refractivity contribution >= 4 is 0 Å². The summed E-state index contributed by atoms with van der Waals surface area (Å²) in [6.45, 7) is 3.35. The fraction of sp³-hybridized carbons (Fsp3) is 0.500. The lowest BCUT2D eigenvalue weighted by Gasteiger charge is -2.21. The zero-order valence-electron chi connectivity index (χ0n) is 9.51. The van der Waals surface area contributed by atoms with Crippen molar-refractivity contribution in [3.8, 4) is 5.75 Å². The summed E-state index contributed by atoms with van der Waals surface area (Å²) < 4.78 is 18.0. The Morgan fingerprint density at radius 1 is 1.40 bits per heavy atom. The number of hydrogen-bond donors (Lipinski definition) is 1. The van der Waals surface area contributed by atoms with Crippen LogP contribution in [0, 0.1) is 0 Å². The van der Waals surface area contributed by atoms with E-state index < -0.39 is 6.67 Å². The van der Waals surface area contributed by atoms with Crippen LogP contribution < -0.4 is 10.5 Å². The van der Waals surface area contributed by atoms with Crippen LogP contribution in [-0.4, -0.2) is 12.6 Å². The van der Waals surface area contributed by atoms with Crippen LogP contribution in [0.2, 0.25) is 0 Å². The van der Waals surface area contributed by atoms with E-state index in [4.69, 9.17) is 10.5 Å². The highest BCUT2D eigenvalue weighted by Gasteiger charge is 2.17. The van der Waals surface area contributed by atoms with Gasteiger partial charge in [-0.3, -0.25) is 0 Å². The predicted octanol–water partition coefficient (Wildman–Crippen LogP) is 2.44. The Labute approximate surface area is 90.2 Å². The second-order valence-electron chi connectivity index (χ2n) is 4.40. The Hall–Kier alpha value is -1.09. The van der Waals surface area contributed by atoms with Gasteiger partial charge in [0.1, 0.15) is 12.4 Å². The number of nitrogens with two attached hydrogens (primary N) is 1. The van der Waals surface area contributed by atoms with Crippen molar-refractivity contribution in [2.75, 3.05) is 7.11 Å². The molecule has 0 aliphatic rings. The van der Waals surface area contributed by atoms with Crippen molar-refractivity contribution in [3.05, 3.63) is 29.3 Å². The molecule has 15 heavy (non-hydrogen) atoms. The van der Waals surface area contributed by atoms with E-state index in [1.54, 1.807) is 19.2 Å². The number of hydrogen-bond acceptors (Lipinski definition) is 2. The van der Waals surface area contributed by atoms with Crippen molar-refractivity contribution < 1.29 is 9.13 Å². The third-order valence-electron chi connectivity index (χ3n) is 2.23. The van der Waals surface area contributed by atoms with Gasteiger partial charge in [0.2, 0.25) is 0 Å². The lowest BCUT2D eigenvalue weighted by atomic mass is 9.92. The molecule has 1 aromatic carbocycles. The van der Waals surface area contributed by atoms with Gasteiger partial charge in [-0.25, -0.2) is 4.39 Å². The second kappa shape index (κ2) is 4.62. The van der Waals surface area contributed by atoms with Crippen LogP contribution in [-0.2, 0) is 13.1 Å². The normalized spacial score (nSPS) is 11.5. The lowest BCUT2D eigenvalue weighted by molar-refractivity contribution is 0.397. The summed E-state index contributed by atoms with van der Waals surface area (Å²) >= 11 is 0. The molecule has 1 aromatic rings. The van der Waals surface area contributed by atoms with Gasteiger partial charge in [-0.1, -0.05) is 12.1 Å². The molecule has 0 saturated carbocycles. The second-order valence-corrected chi connectivity index (χ2v) is 4.40. The van der Waals surface area contributed by atoms with Crippen LogP contribution in [0.1, 0.15) is 25.0 Å². The van der Waals surface area contributed by atoms with Crippen LogP contribution in [0.5, 0.6) is 5.75 Å². The zero-order valence-corrected chi connectivity index (χ0v) is 9.51. The predicted molar refractivity (Wildman–Crippen MR) is 59.8 cm³/mol. The number of methoxy groups -OCH3 is 1. The molecule has 0 amide bonds. The highest BCUT2D eigenvalue weighted by molar-refractivity contribution is 5.41. The van der Waals surface area contributed by atoms with Gasteiger partial charge in [-0.15, -0.1) is 0 Å². The van der Waals surface area contributed by atoms with E-state index in [0.717, 1.165) is 5.56 Å². The molecule has 0 saturated heterocycles. The quantitative estimate of drug-likeness (QED) is 0.830. The zero-order chi connectivity index (χ0) is 11.5. The first kappa shape index (κ1) is 12.0. The van der Waals surface area contributed by atoms with Gasteiger partial charge in [0, 0.05) is 11.1 Å². The minimum Gasteiger partial charge on any atom is -0.496 e. The summed E-state index contributed by atoms with van der Waals surface area (Å²) in [6.07, 6.45) is 0.607. The number of rotatable bonds is 4. The van der Waals surface area contributed by atoms with E-state index in [2.05, 4.69) is 0 Å². The fourth-order valence-corrected chi connectivity index (χ4v) is 1.58. The molecule has 0 spiro atoms. The van der Waals surface area contributed by atoms with Crippen LogP contribution >= 0.6 is 0 Å². The highest BCUT2D eigenvalue weighted by atomic mass is 19.1. The molecule has 0 unspecified atom stereocenters. The molecule has 1 rings (SSSR count). The summed E-state index contributed by atoms with van der Waals surface area (Å²) in [7, 11) is 1.59. The maximum atomic E-state index is 12.8. The number of ether oxygens (including phenoxy) is 1. The molecule has 2 nitrogen and oxygen atoms in total. The molecule has 0 fully saturated rings. The Morgan fingerprint density at radius 3 is 2.53 bits per heavy atom. The summed E-state index contributed by atoms with van der Waals surface area (Å²) in [4.78, 5) is 0. The minimum absolute atomic E-state index is 0.363. The van der Waals surface area contributed by atoms with Crippen molar-refractivity contribution in [2.24, 2.45) is 5.73 Å². The Balaban J connectivity index is 3.11. The summed E-state index contributed by atoms with van der Waals surface area (Å²) in [5.41, 5.74) is 7.10. The monoisotopic (exact) mass is 211 g/mol. The average Bonchev–Trinajstić information content (AvgIpc) is 2.16. The van der Waals surface area contributed by atoms with E-state index in [0.29, 0.717) is 17.7 Å². The van der Waals surface area contributed by atoms with Crippen LogP contribution in [0.15, 0.2) is 18.2 Å². The molecular weight excluding hydrogens is 193 g/mol. The summed E-state index contributed by atoms with van der Waals surface area (Å²) in [6, 6.07) is 5.39. The van der Waals surface area contributed by atoms with Gasteiger partial charge in [0.05, 0.1) is 7.11 Å². The van der Waals surface area contributed by atoms with Crippen LogP contribution in [0.25, 0.3) is 0 Å². The molecular formula is C12H18FNO. The smallest absolute Gasteiger partial charge is 0.122 e. The number of benzene rings is 1. The van der Waals surface area contributed by atoms with Gasteiger partial charge in [0.25, 0.3) is 0 Å². The van der Waals surface area contributed by atoms with Gasteiger partial charge < -0.3 is 10.5 Å². The van der Waals surface area contributed by atoms with E-state index in [1.165, 1.54) is 0 Å². The highest BCUT2D eigenvalue weighted by Crippen LogP contribution is 2.26. The van der Waals surface area contributed by atoms with Crippen molar-refractivity contribution in [2.45, 2.75) is 32.5 Å². The van der Waals surface area contributed by atoms with Crippen molar-refractivity contribution in [1.29, 1.82) is 0 Å².